The molecule has 1 aromatic rings. The van der Waals surface area contributed by atoms with Gasteiger partial charge in [0.2, 0.25) is 0 Å². The number of nitrogens with zero attached hydrogens (tertiary/aromatic N) is 2. The summed E-state index contributed by atoms with van der Waals surface area (Å²) in [6.07, 6.45) is 6.23. The maximum atomic E-state index is 11.0. The van der Waals surface area contributed by atoms with Gasteiger partial charge in [-0.05, 0) is 18.9 Å². The Morgan fingerprint density at radius 3 is 2.50 bits per heavy atom. The molecule has 0 spiro atoms. The van der Waals surface area contributed by atoms with Crippen LogP contribution >= 0.6 is 0 Å². The first-order valence-electron chi connectivity index (χ1n) is 4.80. The number of carbonyl (C=O) groups excluding carboxylic acids is 1. The average Bonchev–Trinajstić information content (AvgIpc) is 2.23. The molecule has 1 heterocycles. The quantitative estimate of drug-likeness (QED) is 0.710. The Morgan fingerprint density at radius 1 is 1.21 bits per heavy atom. The third kappa shape index (κ3) is 2.28. The van der Waals surface area contributed by atoms with Gasteiger partial charge in [-0.2, -0.15) is 0 Å². The minimum Gasteiger partial charge on any atom is -0.460 e. The summed E-state index contributed by atoms with van der Waals surface area (Å²) >= 11 is 0. The van der Waals surface area contributed by atoms with E-state index in [4.69, 9.17) is 4.74 Å². The molecule has 1 aliphatic rings. The lowest BCUT2D eigenvalue weighted by atomic mass is 9.97. The summed E-state index contributed by atoms with van der Waals surface area (Å²) in [5.41, 5.74) is 0. The molecule has 1 aliphatic carbocycles. The van der Waals surface area contributed by atoms with Crippen molar-refractivity contribution in [2.24, 2.45) is 0 Å². The van der Waals surface area contributed by atoms with E-state index < -0.39 is 0 Å². The van der Waals surface area contributed by atoms with Crippen molar-refractivity contribution in [3.63, 3.8) is 0 Å². The SMILES string of the molecule is O=C1CCC(Oc2ncccn2)CC1. The largest absolute Gasteiger partial charge is 0.460 e. The molecule has 0 aromatic carbocycles. The van der Waals surface area contributed by atoms with Crippen molar-refractivity contribution < 1.29 is 9.53 Å². The molecule has 14 heavy (non-hydrogen) atoms. The van der Waals surface area contributed by atoms with E-state index in [0.29, 0.717) is 24.6 Å². The van der Waals surface area contributed by atoms with E-state index >= 15 is 0 Å². The molecule has 0 amide bonds. The van der Waals surface area contributed by atoms with Crippen molar-refractivity contribution in [1.82, 2.24) is 9.97 Å². The van der Waals surface area contributed by atoms with Gasteiger partial charge in [-0.25, -0.2) is 9.97 Å². The Labute approximate surface area is 82.3 Å². The minimum atomic E-state index is 0.107. The monoisotopic (exact) mass is 192 g/mol. The van der Waals surface area contributed by atoms with Gasteiger partial charge in [0.25, 0.3) is 0 Å². The van der Waals surface area contributed by atoms with E-state index in [9.17, 15) is 4.79 Å². The van der Waals surface area contributed by atoms with Crippen LogP contribution in [-0.4, -0.2) is 21.9 Å². The summed E-state index contributed by atoms with van der Waals surface area (Å²) in [6.45, 7) is 0. The first kappa shape index (κ1) is 9.12. The lowest BCUT2D eigenvalue weighted by Crippen LogP contribution is -2.24. The van der Waals surface area contributed by atoms with Crippen LogP contribution in [0.15, 0.2) is 18.5 Å². The molecule has 0 aliphatic heterocycles. The van der Waals surface area contributed by atoms with Crippen LogP contribution in [0.5, 0.6) is 6.01 Å². The highest BCUT2D eigenvalue weighted by Crippen LogP contribution is 2.18. The number of ketones is 1. The van der Waals surface area contributed by atoms with Gasteiger partial charge in [0, 0.05) is 25.2 Å². The van der Waals surface area contributed by atoms with Gasteiger partial charge >= 0.3 is 6.01 Å². The zero-order valence-corrected chi connectivity index (χ0v) is 7.85. The summed E-state index contributed by atoms with van der Waals surface area (Å²) in [5.74, 6) is 0.332. The summed E-state index contributed by atoms with van der Waals surface area (Å²) in [4.78, 5) is 18.9. The predicted molar refractivity (Wildman–Crippen MR) is 49.9 cm³/mol. The summed E-state index contributed by atoms with van der Waals surface area (Å²) in [6, 6.07) is 2.16. The van der Waals surface area contributed by atoms with Crippen molar-refractivity contribution in [2.75, 3.05) is 0 Å². The Bertz CT molecular complexity index is 303. The van der Waals surface area contributed by atoms with Gasteiger partial charge in [-0.1, -0.05) is 0 Å². The molecule has 1 saturated carbocycles. The zero-order valence-electron chi connectivity index (χ0n) is 7.85. The fraction of sp³-hybridized carbons (Fsp3) is 0.500. The topological polar surface area (TPSA) is 52.1 Å². The highest BCUT2D eigenvalue weighted by atomic mass is 16.5. The lowest BCUT2D eigenvalue weighted by Gasteiger charge is -2.20. The first-order valence-corrected chi connectivity index (χ1v) is 4.80. The number of rotatable bonds is 2. The van der Waals surface area contributed by atoms with Gasteiger partial charge < -0.3 is 4.74 Å². The number of Topliss-reactive ketones (excluding diaryl/α,β-unsaturated/α-hetero) is 1. The van der Waals surface area contributed by atoms with E-state index in [1.54, 1.807) is 18.5 Å². The van der Waals surface area contributed by atoms with Gasteiger partial charge in [0.1, 0.15) is 11.9 Å². The molecule has 0 radical (unpaired) electrons. The van der Waals surface area contributed by atoms with Crippen molar-refractivity contribution in [3.05, 3.63) is 18.5 Å². The molecule has 74 valence electrons. The standard InChI is InChI=1S/C10H12N2O2/c13-8-2-4-9(5-3-8)14-10-11-6-1-7-12-10/h1,6-7,9H,2-5H2. The molecule has 4 nitrogen and oxygen atoms in total. The van der Waals surface area contributed by atoms with Crippen LogP contribution in [0.25, 0.3) is 0 Å². The molecular weight excluding hydrogens is 180 g/mol. The molecule has 4 heteroatoms. The second-order valence-corrected chi connectivity index (χ2v) is 3.39. The van der Waals surface area contributed by atoms with Crippen molar-refractivity contribution in [3.8, 4) is 6.01 Å². The Kier molecular flexibility index (Phi) is 2.72. The molecule has 1 aromatic heterocycles. The first-order chi connectivity index (χ1) is 6.84. The third-order valence-corrected chi connectivity index (χ3v) is 2.30. The van der Waals surface area contributed by atoms with E-state index in [1.165, 1.54) is 0 Å². The van der Waals surface area contributed by atoms with Crippen LogP contribution in [0.2, 0.25) is 0 Å². The molecule has 0 unspecified atom stereocenters. The lowest BCUT2D eigenvalue weighted by molar-refractivity contribution is -0.121. The van der Waals surface area contributed by atoms with E-state index in [0.717, 1.165) is 12.8 Å². The second-order valence-electron chi connectivity index (χ2n) is 3.39. The Morgan fingerprint density at radius 2 is 1.86 bits per heavy atom. The van der Waals surface area contributed by atoms with Crippen LogP contribution in [0, 0.1) is 0 Å². The number of hydrogen-bond donors (Lipinski definition) is 0. The van der Waals surface area contributed by atoms with E-state index in [1.807, 2.05) is 0 Å². The van der Waals surface area contributed by atoms with E-state index in [2.05, 4.69) is 9.97 Å². The Hall–Kier alpha value is -1.45. The molecule has 0 bridgehead atoms. The maximum absolute atomic E-state index is 11.0. The average molecular weight is 192 g/mol. The molecule has 2 rings (SSSR count). The molecular formula is C10H12N2O2. The Balaban J connectivity index is 1.89. The minimum absolute atomic E-state index is 0.107. The van der Waals surface area contributed by atoms with Gasteiger partial charge in [0.05, 0.1) is 0 Å². The second kappa shape index (κ2) is 4.17. The van der Waals surface area contributed by atoms with Crippen molar-refractivity contribution in [1.29, 1.82) is 0 Å². The molecule has 0 saturated heterocycles. The number of carbonyl (C=O) groups is 1. The number of aromatic nitrogens is 2. The van der Waals surface area contributed by atoms with Crippen LogP contribution in [0.3, 0.4) is 0 Å². The third-order valence-electron chi connectivity index (χ3n) is 2.30. The summed E-state index contributed by atoms with van der Waals surface area (Å²) in [7, 11) is 0. The number of ether oxygens (including phenoxy) is 1. The van der Waals surface area contributed by atoms with Crippen LogP contribution in [0.4, 0.5) is 0 Å². The smallest absolute Gasteiger partial charge is 0.316 e. The highest BCUT2D eigenvalue weighted by Gasteiger charge is 2.20. The maximum Gasteiger partial charge on any atom is 0.316 e. The fourth-order valence-electron chi connectivity index (χ4n) is 1.53. The van der Waals surface area contributed by atoms with Gasteiger partial charge in [0.15, 0.2) is 0 Å². The summed E-state index contributed by atoms with van der Waals surface area (Å²) < 4.78 is 5.53. The predicted octanol–water partition coefficient (Wildman–Crippen LogP) is 1.37. The summed E-state index contributed by atoms with van der Waals surface area (Å²) in [5, 5.41) is 0. The van der Waals surface area contributed by atoms with Crippen molar-refractivity contribution >= 4 is 5.78 Å². The molecule has 0 atom stereocenters. The molecule has 1 fully saturated rings. The van der Waals surface area contributed by atoms with Crippen LogP contribution in [-0.2, 0) is 4.79 Å². The van der Waals surface area contributed by atoms with Crippen LogP contribution < -0.4 is 4.74 Å². The molecule has 0 N–H and O–H groups in total. The van der Waals surface area contributed by atoms with E-state index in [-0.39, 0.29) is 6.10 Å². The number of hydrogen-bond acceptors (Lipinski definition) is 4. The zero-order chi connectivity index (χ0) is 9.80. The fourth-order valence-corrected chi connectivity index (χ4v) is 1.53. The highest BCUT2D eigenvalue weighted by molar-refractivity contribution is 5.79. The van der Waals surface area contributed by atoms with Gasteiger partial charge in [-0.3, -0.25) is 4.79 Å². The normalized spacial score (nSPS) is 18.1. The van der Waals surface area contributed by atoms with Gasteiger partial charge in [-0.15, -0.1) is 0 Å². The van der Waals surface area contributed by atoms with Crippen LogP contribution in [0.1, 0.15) is 25.7 Å². The van der Waals surface area contributed by atoms with Crippen molar-refractivity contribution in [2.45, 2.75) is 31.8 Å².